The molecule has 2 unspecified atom stereocenters. The van der Waals surface area contributed by atoms with Crippen LogP contribution < -0.4 is 5.73 Å². The first-order valence-electron chi connectivity index (χ1n) is 6.83. The molecule has 0 aromatic heterocycles. The number of hydrogen-bond donors (Lipinski definition) is 1. The smallest absolute Gasteiger partial charge is 0.226 e. The summed E-state index contributed by atoms with van der Waals surface area (Å²) in [6.07, 6.45) is 3.31. The molecule has 1 aliphatic heterocycles. The standard InChI is InChI=1S/C13H27N3O/c1-4-11(9-14)13(17)15(3)10-12-7-6-8-16(12)5-2/h11-12H,4-10,14H2,1-3H3. The van der Waals surface area contributed by atoms with Crippen LogP contribution in [-0.2, 0) is 4.79 Å². The van der Waals surface area contributed by atoms with Crippen molar-refractivity contribution in [2.45, 2.75) is 39.2 Å². The number of rotatable bonds is 6. The fraction of sp³-hybridized carbons (Fsp3) is 0.923. The Bertz CT molecular complexity index is 241. The van der Waals surface area contributed by atoms with Crippen molar-refractivity contribution < 1.29 is 4.79 Å². The van der Waals surface area contributed by atoms with E-state index in [2.05, 4.69) is 11.8 Å². The van der Waals surface area contributed by atoms with E-state index in [1.165, 1.54) is 19.4 Å². The predicted octanol–water partition coefficient (Wildman–Crippen LogP) is 0.914. The highest BCUT2D eigenvalue weighted by molar-refractivity contribution is 5.78. The first kappa shape index (κ1) is 14.5. The average molecular weight is 241 g/mol. The minimum absolute atomic E-state index is 0.00326. The maximum Gasteiger partial charge on any atom is 0.226 e. The lowest BCUT2D eigenvalue weighted by atomic mass is 10.1. The third kappa shape index (κ3) is 3.68. The molecule has 0 bridgehead atoms. The van der Waals surface area contributed by atoms with E-state index in [0.717, 1.165) is 19.5 Å². The minimum Gasteiger partial charge on any atom is -0.344 e. The van der Waals surface area contributed by atoms with Gasteiger partial charge in [-0.25, -0.2) is 0 Å². The van der Waals surface area contributed by atoms with Crippen molar-refractivity contribution in [1.82, 2.24) is 9.80 Å². The second-order valence-electron chi connectivity index (χ2n) is 4.98. The van der Waals surface area contributed by atoms with E-state index >= 15 is 0 Å². The number of likely N-dealkylation sites (tertiary alicyclic amines) is 1. The number of carbonyl (C=O) groups excluding carboxylic acids is 1. The molecule has 2 atom stereocenters. The van der Waals surface area contributed by atoms with Crippen LogP contribution in [0.15, 0.2) is 0 Å². The van der Waals surface area contributed by atoms with Crippen LogP contribution in [0.3, 0.4) is 0 Å². The van der Waals surface area contributed by atoms with Crippen LogP contribution in [0.1, 0.15) is 33.1 Å². The van der Waals surface area contributed by atoms with Gasteiger partial charge in [-0.3, -0.25) is 9.69 Å². The molecule has 1 aliphatic rings. The van der Waals surface area contributed by atoms with Crippen LogP contribution in [0.4, 0.5) is 0 Å². The van der Waals surface area contributed by atoms with Crippen LogP contribution in [0.25, 0.3) is 0 Å². The van der Waals surface area contributed by atoms with Gasteiger partial charge in [0.25, 0.3) is 0 Å². The number of nitrogens with zero attached hydrogens (tertiary/aromatic N) is 2. The molecule has 0 aromatic rings. The summed E-state index contributed by atoms with van der Waals surface area (Å²) in [4.78, 5) is 16.5. The van der Waals surface area contributed by atoms with Crippen molar-refractivity contribution in [2.75, 3.05) is 33.2 Å². The molecular weight excluding hydrogens is 214 g/mol. The summed E-state index contributed by atoms with van der Waals surface area (Å²) in [6, 6.07) is 0.546. The van der Waals surface area contributed by atoms with Crippen LogP contribution in [0.2, 0.25) is 0 Å². The largest absolute Gasteiger partial charge is 0.344 e. The summed E-state index contributed by atoms with van der Waals surface area (Å²) in [5.74, 6) is 0.203. The average Bonchev–Trinajstić information content (AvgIpc) is 2.77. The molecule has 1 amide bonds. The Morgan fingerprint density at radius 2 is 2.24 bits per heavy atom. The van der Waals surface area contributed by atoms with Gasteiger partial charge in [-0.05, 0) is 32.4 Å². The molecule has 2 N–H and O–H groups in total. The maximum atomic E-state index is 12.1. The molecule has 0 aliphatic carbocycles. The van der Waals surface area contributed by atoms with Crippen molar-refractivity contribution in [1.29, 1.82) is 0 Å². The highest BCUT2D eigenvalue weighted by Gasteiger charge is 2.27. The van der Waals surface area contributed by atoms with E-state index < -0.39 is 0 Å². The van der Waals surface area contributed by atoms with E-state index in [9.17, 15) is 4.79 Å². The van der Waals surface area contributed by atoms with Gasteiger partial charge in [-0.15, -0.1) is 0 Å². The minimum atomic E-state index is -0.00326. The van der Waals surface area contributed by atoms with E-state index in [4.69, 9.17) is 5.73 Å². The summed E-state index contributed by atoms with van der Waals surface area (Å²) in [6.45, 7) is 7.79. The Balaban J connectivity index is 2.47. The first-order valence-corrected chi connectivity index (χ1v) is 6.83. The zero-order valence-electron chi connectivity index (χ0n) is 11.5. The van der Waals surface area contributed by atoms with Gasteiger partial charge in [0.05, 0.1) is 5.92 Å². The molecule has 1 heterocycles. The second kappa shape index (κ2) is 6.97. The molecule has 4 nitrogen and oxygen atoms in total. The maximum absolute atomic E-state index is 12.1. The van der Waals surface area contributed by atoms with Crippen LogP contribution in [0, 0.1) is 5.92 Å². The Morgan fingerprint density at radius 1 is 1.53 bits per heavy atom. The van der Waals surface area contributed by atoms with Gasteiger partial charge in [0.1, 0.15) is 0 Å². The lowest BCUT2D eigenvalue weighted by molar-refractivity contribution is -0.134. The van der Waals surface area contributed by atoms with Crippen molar-refractivity contribution in [3.63, 3.8) is 0 Å². The second-order valence-corrected chi connectivity index (χ2v) is 4.98. The fourth-order valence-electron chi connectivity index (χ4n) is 2.68. The van der Waals surface area contributed by atoms with Gasteiger partial charge >= 0.3 is 0 Å². The lowest BCUT2D eigenvalue weighted by Gasteiger charge is -2.29. The molecule has 0 radical (unpaired) electrons. The van der Waals surface area contributed by atoms with Crippen molar-refractivity contribution in [3.05, 3.63) is 0 Å². The van der Waals surface area contributed by atoms with Gasteiger partial charge in [0.2, 0.25) is 5.91 Å². The first-order chi connectivity index (χ1) is 8.13. The molecule has 0 saturated carbocycles. The fourth-order valence-corrected chi connectivity index (χ4v) is 2.68. The predicted molar refractivity (Wildman–Crippen MR) is 70.7 cm³/mol. The molecule has 1 rings (SSSR count). The van der Waals surface area contributed by atoms with Gasteiger partial charge in [0, 0.05) is 26.2 Å². The van der Waals surface area contributed by atoms with E-state index in [-0.39, 0.29) is 11.8 Å². The van der Waals surface area contributed by atoms with Crippen molar-refractivity contribution >= 4 is 5.91 Å². The van der Waals surface area contributed by atoms with Crippen LogP contribution >= 0.6 is 0 Å². The summed E-state index contributed by atoms with van der Waals surface area (Å²) in [5.41, 5.74) is 5.63. The number of hydrogen-bond acceptors (Lipinski definition) is 3. The highest BCUT2D eigenvalue weighted by atomic mass is 16.2. The van der Waals surface area contributed by atoms with Crippen LogP contribution in [0.5, 0.6) is 0 Å². The Labute approximate surface area is 105 Å². The molecule has 4 heteroatoms. The zero-order valence-corrected chi connectivity index (χ0v) is 11.5. The monoisotopic (exact) mass is 241 g/mol. The molecule has 0 spiro atoms. The number of likely N-dealkylation sites (N-methyl/N-ethyl adjacent to an activating group) is 2. The summed E-state index contributed by atoms with van der Waals surface area (Å²) in [7, 11) is 1.91. The van der Waals surface area contributed by atoms with Crippen LogP contribution in [-0.4, -0.2) is 55.0 Å². The normalized spacial score (nSPS) is 22.7. The molecule has 1 fully saturated rings. The summed E-state index contributed by atoms with van der Waals surface area (Å²) < 4.78 is 0. The third-order valence-electron chi connectivity index (χ3n) is 3.89. The molecular formula is C13H27N3O. The van der Waals surface area contributed by atoms with E-state index in [1.54, 1.807) is 0 Å². The summed E-state index contributed by atoms with van der Waals surface area (Å²) in [5, 5.41) is 0. The topological polar surface area (TPSA) is 49.6 Å². The van der Waals surface area contributed by atoms with Gasteiger partial charge in [-0.1, -0.05) is 13.8 Å². The number of amides is 1. The number of carbonyl (C=O) groups is 1. The van der Waals surface area contributed by atoms with Gasteiger partial charge in [-0.2, -0.15) is 0 Å². The quantitative estimate of drug-likeness (QED) is 0.752. The third-order valence-corrected chi connectivity index (χ3v) is 3.89. The van der Waals surface area contributed by atoms with Gasteiger partial charge in [0.15, 0.2) is 0 Å². The molecule has 100 valence electrons. The molecule has 1 saturated heterocycles. The summed E-state index contributed by atoms with van der Waals surface area (Å²) >= 11 is 0. The number of nitrogens with two attached hydrogens (primary N) is 1. The Morgan fingerprint density at radius 3 is 2.76 bits per heavy atom. The molecule has 17 heavy (non-hydrogen) atoms. The highest BCUT2D eigenvalue weighted by Crippen LogP contribution is 2.18. The molecule has 0 aromatic carbocycles. The van der Waals surface area contributed by atoms with Crippen molar-refractivity contribution in [3.8, 4) is 0 Å². The Hall–Kier alpha value is -0.610. The SMILES string of the molecule is CCC(CN)C(=O)N(C)CC1CCCN1CC. The van der Waals surface area contributed by atoms with E-state index in [1.807, 2.05) is 18.9 Å². The van der Waals surface area contributed by atoms with E-state index in [0.29, 0.717) is 12.6 Å². The Kier molecular flexibility index (Phi) is 5.92. The van der Waals surface area contributed by atoms with Gasteiger partial charge < -0.3 is 10.6 Å². The lowest BCUT2D eigenvalue weighted by Crippen LogP contribution is -2.44. The van der Waals surface area contributed by atoms with Crippen molar-refractivity contribution in [2.24, 2.45) is 11.7 Å². The zero-order chi connectivity index (χ0) is 12.8.